The van der Waals surface area contributed by atoms with E-state index in [0.717, 1.165) is 43.4 Å². The molecule has 2 aliphatic carbocycles. The third kappa shape index (κ3) is 2.34. The number of esters is 1. The standard InChI is InChI=1S/C24H29NO5/c1-4-5-6-7-19(27)30-24-11-10-16(26)22-23(24)12-13-25(2)18(24)14-15-8-9-17(28-3)21(29-22)20(15)23/h8-11,18,22H,4-7,12-14H2,1-3H3/t18-,22+,23+,24-/m1/s1. The molecule has 6 nitrogen and oxygen atoms in total. The zero-order chi connectivity index (χ0) is 21.1. The zero-order valence-corrected chi connectivity index (χ0v) is 17.9. The summed E-state index contributed by atoms with van der Waals surface area (Å²) in [5.41, 5.74) is 0.557. The van der Waals surface area contributed by atoms with Gasteiger partial charge in [-0.25, -0.2) is 0 Å². The lowest BCUT2D eigenvalue weighted by molar-refractivity contribution is -0.190. The molecule has 0 N–H and O–H groups in total. The van der Waals surface area contributed by atoms with Gasteiger partial charge in [0.15, 0.2) is 29.0 Å². The fourth-order valence-corrected chi connectivity index (χ4v) is 6.20. The second kappa shape index (κ2) is 6.84. The highest BCUT2D eigenvalue weighted by molar-refractivity contribution is 5.99. The van der Waals surface area contributed by atoms with E-state index in [4.69, 9.17) is 14.2 Å². The molecule has 4 atom stereocenters. The van der Waals surface area contributed by atoms with E-state index in [9.17, 15) is 9.59 Å². The number of benzene rings is 1. The van der Waals surface area contributed by atoms with Crippen molar-refractivity contribution >= 4 is 11.8 Å². The number of piperidine rings is 1. The highest BCUT2D eigenvalue weighted by atomic mass is 16.6. The number of ether oxygens (including phenoxy) is 3. The number of methoxy groups -OCH3 is 1. The number of hydrogen-bond acceptors (Lipinski definition) is 6. The van der Waals surface area contributed by atoms with Crippen molar-refractivity contribution < 1.29 is 23.8 Å². The van der Waals surface area contributed by atoms with Crippen LogP contribution in [0, 0.1) is 0 Å². The summed E-state index contributed by atoms with van der Waals surface area (Å²) >= 11 is 0. The van der Waals surface area contributed by atoms with Gasteiger partial charge in [-0.05, 0) is 56.6 Å². The van der Waals surface area contributed by atoms with Crippen LogP contribution in [0.25, 0.3) is 0 Å². The quantitative estimate of drug-likeness (QED) is 0.530. The summed E-state index contributed by atoms with van der Waals surface area (Å²) in [7, 11) is 3.69. The minimum Gasteiger partial charge on any atom is -0.493 e. The summed E-state index contributed by atoms with van der Waals surface area (Å²) < 4.78 is 18.3. The maximum absolute atomic E-state index is 13.0. The number of carbonyl (C=O) groups excluding carboxylic acids is 2. The average molecular weight is 411 g/mol. The first-order valence-corrected chi connectivity index (χ1v) is 11.0. The molecule has 1 fully saturated rings. The maximum atomic E-state index is 13.0. The van der Waals surface area contributed by atoms with Gasteiger partial charge in [-0.15, -0.1) is 0 Å². The fourth-order valence-electron chi connectivity index (χ4n) is 6.20. The van der Waals surface area contributed by atoms with Crippen LogP contribution in [0.2, 0.25) is 0 Å². The number of rotatable bonds is 6. The fraction of sp³-hybridized carbons (Fsp3) is 0.583. The van der Waals surface area contributed by atoms with Crippen LogP contribution in [0.4, 0.5) is 0 Å². The Balaban J connectivity index is 1.68. The largest absolute Gasteiger partial charge is 0.493 e. The highest BCUT2D eigenvalue weighted by Crippen LogP contribution is 2.64. The molecule has 0 amide bonds. The second-order valence-corrected chi connectivity index (χ2v) is 9.01. The van der Waals surface area contributed by atoms with E-state index in [0.29, 0.717) is 24.3 Å². The van der Waals surface area contributed by atoms with Crippen LogP contribution >= 0.6 is 0 Å². The number of likely N-dealkylation sites (tertiary alicyclic amines) is 1. The number of nitrogens with zero attached hydrogens (tertiary/aromatic N) is 1. The molecule has 2 heterocycles. The van der Waals surface area contributed by atoms with Crippen LogP contribution in [-0.4, -0.2) is 55.1 Å². The van der Waals surface area contributed by atoms with Crippen LogP contribution in [0.15, 0.2) is 24.3 Å². The molecule has 160 valence electrons. The van der Waals surface area contributed by atoms with E-state index in [2.05, 4.69) is 24.9 Å². The first kappa shape index (κ1) is 19.6. The van der Waals surface area contributed by atoms with Crippen molar-refractivity contribution in [1.82, 2.24) is 4.90 Å². The van der Waals surface area contributed by atoms with Crippen molar-refractivity contribution in [2.75, 3.05) is 20.7 Å². The molecule has 1 aromatic carbocycles. The lowest BCUT2D eigenvalue weighted by Gasteiger charge is -2.61. The van der Waals surface area contributed by atoms with Crippen molar-refractivity contribution in [3.63, 3.8) is 0 Å². The van der Waals surface area contributed by atoms with E-state index in [-0.39, 0.29) is 17.8 Å². The molecule has 1 aromatic rings. The van der Waals surface area contributed by atoms with Crippen molar-refractivity contribution in [1.29, 1.82) is 0 Å². The lowest BCUT2D eigenvalue weighted by Crippen LogP contribution is -2.75. The van der Waals surface area contributed by atoms with Gasteiger partial charge in [0, 0.05) is 12.0 Å². The minimum atomic E-state index is -0.910. The highest BCUT2D eigenvalue weighted by Gasteiger charge is 2.74. The molecule has 5 rings (SSSR count). The summed E-state index contributed by atoms with van der Waals surface area (Å²) in [6, 6.07) is 3.95. The monoisotopic (exact) mass is 411 g/mol. The molecule has 1 spiro atoms. The molecule has 0 saturated carbocycles. The third-order valence-corrected chi connectivity index (χ3v) is 7.57. The predicted molar refractivity (Wildman–Crippen MR) is 111 cm³/mol. The topological polar surface area (TPSA) is 65.1 Å². The Labute approximate surface area is 177 Å². The number of likely N-dealkylation sites (N-methyl/N-ethyl adjacent to an activating group) is 1. The third-order valence-electron chi connectivity index (χ3n) is 7.57. The van der Waals surface area contributed by atoms with Gasteiger partial charge in [-0.3, -0.25) is 14.5 Å². The Hall–Kier alpha value is -2.34. The van der Waals surface area contributed by atoms with Crippen LogP contribution in [0.1, 0.15) is 50.2 Å². The SMILES string of the molecule is CCCCCC(=O)O[C@@]12C=CC(=O)[C@@H]3Oc4c(OC)ccc5c4[C@@]31CCN(C)[C@@H]2C5. The predicted octanol–water partition coefficient (Wildman–Crippen LogP) is 2.96. The first-order chi connectivity index (χ1) is 14.5. The Morgan fingerprint density at radius 3 is 2.93 bits per heavy atom. The normalized spacial score (nSPS) is 33.1. The molecule has 0 radical (unpaired) electrons. The molecule has 0 unspecified atom stereocenters. The van der Waals surface area contributed by atoms with Gasteiger partial charge in [-0.1, -0.05) is 25.8 Å². The van der Waals surface area contributed by atoms with Gasteiger partial charge in [0.1, 0.15) is 0 Å². The number of hydrogen-bond donors (Lipinski definition) is 0. The maximum Gasteiger partial charge on any atom is 0.306 e. The summed E-state index contributed by atoms with van der Waals surface area (Å²) in [6.07, 6.45) is 7.44. The smallest absolute Gasteiger partial charge is 0.306 e. The minimum absolute atomic E-state index is 0.0383. The number of ketones is 1. The van der Waals surface area contributed by atoms with Crippen LogP contribution in [0.3, 0.4) is 0 Å². The van der Waals surface area contributed by atoms with Crippen LogP contribution in [-0.2, 0) is 26.2 Å². The summed E-state index contributed by atoms with van der Waals surface area (Å²) in [5.74, 6) is 1.01. The first-order valence-electron chi connectivity index (χ1n) is 11.0. The second-order valence-electron chi connectivity index (χ2n) is 9.01. The van der Waals surface area contributed by atoms with Gasteiger partial charge < -0.3 is 14.2 Å². The Morgan fingerprint density at radius 1 is 1.33 bits per heavy atom. The Kier molecular flexibility index (Phi) is 4.47. The summed E-state index contributed by atoms with van der Waals surface area (Å²) in [6.45, 7) is 2.93. The molecule has 30 heavy (non-hydrogen) atoms. The number of carbonyl (C=O) groups is 2. The van der Waals surface area contributed by atoms with Gasteiger partial charge in [0.25, 0.3) is 0 Å². The molecular formula is C24H29NO5. The van der Waals surface area contributed by atoms with Crippen molar-refractivity contribution in [2.45, 2.75) is 68.6 Å². The van der Waals surface area contributed by atoms with E-state index in [1.54, 1.807) is 13.2 Å². The van der Waals surface area contributed by atoms with Gasteiger partial charge in [-0.2, -0.15) is 0 Å². The van der Waals surface area contributed by atoms with E-state index in [1.165, 1.54) is 0 Å². The van der Waals surface area contributed by atoms with Crippen molar-refractivity contribution in [3.8, 4) is 11.5 Å². The van der Waals surface area contributed by atoms with Crippen LogP contribution in [0.5, 0.6) is 11.5 Å². The van der Waals surface area contributed by atoms with Gasteiger partial charge in [0.05, 0.1) is 18.6 Å². The number of unbranched alkanes of at least 4 members (excludes halogenated alkanes) is 2. The summed E-state index contributed by atoms with van der Waals surface area (Å²) in [4.78, 5) is 28.3. The molecule has 4 aliphatic rings. The van der Waals surface area contributed by atoms with E-state index >= 15 is 0 Å². The van der Waals surface area contributed by atoms with Crippen molar-refractivity contribution in [3.05, 3.63) is 35.4 Å². The van der Waals surface area contributed by atoms with Crippen molar-refractivity contribution in [2.24, 2.45) is 0 Å². The lowest BCUT2D eigenvalue weighted by atomic mass is 9.50. The zero-order valence-electron chi connectivity index (χ0n) is 17.9. The molecule has 0 aromatic heterocycles. The molecular weight excluding hydrogens is 382 g/mol. The molecule has 2 aliphatic heterocycles. The molecule has 6 heteroatoms. The van der Waals surface area contributed by atoms with Gasteiger partial charge in [0.2, 0.25) is 0 Å². The van der Waals surface area contributed by atoms with Gasteiger partial charge >= 0.3 is 5.97 Å². The Morgan fingerprint density at radius 2 is 2.17 bits per heavy atom. The molecule has 1 saturated heterocycles. The average Bonchev–Trinajstić information content (AvgIpc) is 3.09. The molecule has 2 bridgehead atoms. The van der Waals surface area contributed by atoms with E-state index < -0.39 is 17.1 Å². The van der Waals surface area contributed by atoms with E-state index in [1.807, 2.05) is 12.1 Å². The summed E-state index contributed by atoms with van der Waals surface area (Å²) in [5, 5.41) is 0. The van der Waals surface area contributed by atoms with Crippen LogP contribution < -0.4 is 9.47 Å². The Bertz CT molecular complexity index is 940.